The highest BCUT2D eigenvalue weighted by Crippen LogP contribution is 2.14. The Hall–Kier alpha value is -2.39. The molecule has 0 bridgehead atoms. The van der Waals surface area contributed by atoms with Crippen molar-refractivity contribution in [1.82, 2.24) is 0 Å². The monoisotopic (exact) mass is 246 g/mol. The summed E-state index contributed by atoms with van der Waals surface area (Å²) in [6.07, 6.45) is -0.195. The van der Waals surface area contributed by atoms with Gasteiger partial charge in [0.15, 0.2) is 0 Å². The highest BCUT2D eigenvalue weighted by atomic mass is 16.2. The molecule has 1 rings (SSSR count). The van der Waals surface area contributed by atoms with Crippen LogP contribution >= 0.6 is 0 Å². The van der Waals surface area contributed by atoms with Crippen molar-refractivity contribution < 1.29 is 9.59 Å². The molecule has 6 heteroatoms. The lowest BCUT2D eigenvalue weighted by Gasteiger charge is -2.20. The van der Waals surface area contributed by atoms with Gasteiger partial charge >= 0.3 is 0 Å². The first kappa shape index (κ1) is 13.7. The molecular weight excluding hydrogens is 232 g/mol. The lowest BCUT2D eigenvalue weighted by molar-refractivity contribution is -0.124. The molecular formula is C12H14N4O2. The van der Waals surface area contributed by atoms with Crippen LogP contribution in [-0.2, 0) is 9.59 Å². The topological polar surface area (TPSA) is 113 Å². The van der Waals surface area contributed by atoms with Gasteiger partial charge < -0.3 is 16.4 Å². The van der Waals surface area contributed by atoms with Crippen LogP contribution in [0, 0.1) is 11.3 Å². The summed E-state index contributed by atoms with van der Waals surface area (Å²) < 4.78 is 0. The molecule has 1 unspecified atom stereocenters. The Labute approximate surface area is 105 Å². The van der Waals surface area contributed by atoms with Crippen molar-refractivity contribution in [3.63, 3.8) is 0 Å². The van der Waals surface area contributed by atoms with E-state index < -0.39 is 17.9 Å². The Balaban J connectivity index is 2.79. The van der Waals surface area contributed by atoms with Gasteiger partial charge in [0.1, 0.15) is 0 Å². The molecule has 0 saturated heterocycles. The van der Waals surface area contributed by atoms with Crippen molar-refractivity contribution in [2.45, 2.75) is 12.5 Å². The summed E-state index contributed by atoms with van der Waals surface area (Å²) in [6, 6.07) is 7.48. The molecule has 0 aliphatic rings. The first-order chi connectivity index (χ1) is 8.45. The Bertz CT molecular complexity index is 490. The molecule has 0 saturated carbocycles. The van der Waals surface area contributed by atoms with Gasteiger partial charge in [0.25, 0.3) is 0 Å². The molecule has 1 atom stereocenters. The van der Waals surface area contributed by atoms with Gasteiger partial charge in [-0.1, -0.05) is 0 Å². The lowest BCUT2D eigenvalue weighted by atomic mass is 10.1. The first-order valence-corrected chi connectivity index (χ1v) is 5.27. The number of carbonyl (C=O) groups is 2. The van der Waals surface area contributed by atoms with Crippen molar-refractivity contribution in [2.24, 2.45) is 11.5 Å². The summed E-state index contributed by atoms with van der Waals surface area (Å²) in [4.78, 5) is 23.9. The molecule has 4 N–H and O–H groups in total. The third-order valence-corrected chi connectivity index (χ3v) is 2.45. The van der Waals surface area contributed by atoms with Crippen molar-refractivity contribution in [3.8, 4) is 6.07 Å². The van der Waals surface area contributed by atoms with Crippen molar-refractivity contribution in [2.75, 3.05) is 11.9 Å². The molecule has 0 aliphatic carbocycles. The Kier molecular flexibility index (Phi) is 4.40. The second-order valence-electron chi connectivity index (χ2n) is 3.83. The normalized spacial score (nSPS) is 11.4. The molecule has 94 valence electrons. The summed E-state index contributed by atoms with van der Waals surface area (Å²) >= 11 is 0. The lowest BCUT2D eigenvalue weighted by Crippen LogP contribution is -2.44. The predicted octanol–water partition coefficient (Wildman–Crippen LogP) is -0.276. The van der Waals surface area contributed by atoms with Gasteiger partial charge in [-0.05, 0) is 24.3 Å². The number of carbonyl (C=O) groups excluding carboxylic acids is 2. The SMILES string of the molecule is CN(C(=O)C(N)CC(N)=O)c1ccc(C#N)cc1. The van der Waals surface area contributed by atoms with Crippen molar-refractivity contribution in [1.29, 1.82) is 5.26 Å². The zero-order valence-electron chi connectivity index (χ0n) is 9.96. The van der Waals surface area contributed by atoms with Gasteiger partial charge in [0.05, 0.1) is 24.1 Å². The fourth-order valence-corrected chi connectivity index (χ4v) is 1.44. The number of nitrogens with zero attached hydrogens (tertiary/aromatic N) is 2. The average molecular weight is 246 g/mol. The van der Waals surface area contributed by atoms with E-state index in [2.05, 4.69) is 0 Å². The minimum absolute atomic E-state index is 0.195. The van der Waals surface area contributed by atoms with Crippen LogP contribution < -0.4 is 16.4 Å². The Morgan fingerprint density at radius 1 is 1.39 bits per heavy atom. The summed E-state index contributed by atoms with van der Waals surface area (Å²) in [5.74, 6) is -1.03. The maximum Gasteiger partial charge on any atom is 0.244 e. The van der Waals surface area contributed by atoms with E-state index in [0.29, 0.717) is 11.3 Å². The maximum atomic E-state index is 11.9. The molecule has 0 spiro atoms. The van der Waals surface area contributed by atoms with E-state index >= 15 is 0 Å². The number of hydrogen-bond acceptors (Lipinski definition) is 4. The van der Waals surface area contributed by atoms with E-state index in [1.54, 1.807) is 31.3 Å². The maximum absolute atomic E-state index is 11.9. The number of hydrogen-bond donors (Lipinski definition) is 2. The van der Waals surface area contributed by atoms with Crippen LogP contribution in [0.25, 0.3) is 0 Å². The average Bonchev–Trinajstić information content (AvgIpc) is 2.36. The van der Waals surface area contributed by atoms with Gasteiger partial charge in [-0.3, -0.25) is 9.59 Å². The van der Waals surface area contributed by atoms with E-state index in [1.165, 1.54) is 4.90 Å². The van der Waals surface area contributed by atoms with Gasteiger partial charge in [0, 0.05) is 12.7 Å². The van der Waals surface area contributed by atoms with Crippen LogP contribution in [0.15, 0.2) is 24.3 Å². The number of nitriles is 1. The fraction of sp³-hybridized carbons (Fsp3) is 0.250. The molecule has 0 fully saturated rings. The first-order valence-electron chi connectivity index (χ1n) is 5.27. The minimum Gasteiger partial charge on any atom is -0.370 e. The molecule has 1 aromatic carbocycles. The highest BCUT2D eigenvalue weighted by molar-refractivity contribution is 5.98. The number of rotatable bonds is 4. The van der Waals surface area contributed by atoms with E-state index in [1.807, 2.05) is 6.07 Å². The predicted molar refractivity (Wildman–Crippen MR) is 66.4 cm³/mol. The Morgan fingerprint density at radius 2 is 1.94 bits per heavy atom. The third kappa shape index (κ3) is 3.30. The number of likely N-dealkylation sites (N-methyl/N-ethyl adjacent to an activating group) is 1. The van der Waals surface area contributed by atoms with Gasteiger partial charge in [-0.15, -0.1) is 0 Å². The third-order valence-electron chi connectivity index (χ3n) is 2.45. The van der Waals surface area contributed by atoms with Crippen molar-refractivity contribution in [3.05, 3.63) is 29.8 Å². The second kappa shape index (κ2) is 5.80. The van der Waals surface area contributed by atoms with Crippen LogP contribution in [0.2, 0.25) is 0 Å². The van der Waals surface area contributed by atoms with Crippen LogP contribution in [-0.4, -0.2) is 24.9 Å². The fourth-order valence-electron chi connectivity index (χ4n) is 1.44. The summed E-state index contributed by atoms with van der Waals surface area (Å²) in [6.45, 7) is 0. The molecule has 0 aliphatic heterocycles. The summed E-state index contributed by atoms with van der Waals surface area (Å²) in [5, 5.41) is 8.66. The standard InChI is InChI=1S/C12H14N4O2/c1-16(12(18)10(14)6-11(15)17)9-4-2-8(7-13)3-5-9/h2-5,10H,6,14H2,1H3,(H2,15,17). The van der Waals surface area contributed by atoms with E-state index in [-0.39, 0.29) is 6.42 Å². The number of anilines is 1. The molecule has 0 radical (unpaired) electrons. The van der Waals surface area contributed by atoms with E-state index in [0.717, 1.165) is 0 Å². The Morgan fingerprint density at radius 3 is 2.39 bits per heavy atom. The number of benzene rings is 1. The molecule has 18 heavy (non-hydrogen) atoms. The minimum atomic E-state index is -0.955. The highest BCUT2D eigenvalue weighted by Gasteiger charge is 2.20. The molecule has 0 heterocycles. The van der Waals surface area contributed by atoms with Crippen LogP contribution in [0.3, 0.4) is 0 Å². The summed E-state index contributed by atoms with van der Waals surface area (Å²) in [7, 11) is 1.55. The molecule has 6 nitrogen and oxygen atoms in total. The number of amides is 2. The van der Waals surface area contributed by atoms with Gasteiger partial charge in [-0.25, -0.2) is 0 Å². The molecule has 0 aromatic heterocycles. The van der Waals surface area contributed by atoms with Crippen LogP contribution in [0.4, 0.5) is 5.69 Å². The molecule has 2 amide bonds. The zero-order valence-corrected chi connectivity index (χ0v) is 9.96. The van der Waals surface area contributed by atoms with E-state index in [4.69, 9.17) is 16.7 Å². The summed E-state index contributed by atoms with van der Waals surface area (Å²) in [5.41, 5.74) is 11.6. The molecule has 1 aromatic rings. The van der Waals surface area contributed by atoms with Crippen LogP contribution in [0.1, 0.15) is 12.0 Å². The van der Waals surface area contributed by atoms with Crippen LogP contribution in [0.5, 0.6) is 0 Å². The van der Waals surface area contributed by atoms with Gasteiger partial charge in [-0.2, -0.15) is 5.26 Å². The number of nitrogens with two attached hydrogens (primary N) is 2. The second-order valence-corrected chi connectivity index (χ2v) is 3.83. The van der Waals surface area contributed by atoms with Gasteiger partial charge in [0.2, 0.25) is 11.8 Å². The zero-order chi connectivity index (χ0) is 13.7. The quantitative estimate of drug-likeness (QED) is 0.760. The number of primary amides is 1. The van der Waals surface area contributed by atoms with E-state index in [9.17, 15) is 9.59 Å². The largest absolute Gasteiger partial charge is 0.370 e. The smallest absolute Gasteiger partial charge is 0.244 e. The van der Waals surface area contributed by atoms with Crippen molar-refractivity contribution >= 4 is 17.5 Å².